The molecule has 0 saturated heterocycles. The number of benzene rings is 4. The highest BCUT2D eigenvalue weighted by Gasteiger charge is 2.25. The number of hydrogen-bond acceptors (Lipinski definition) is 14. The number of rotatable bonds is 21. The van der Waals surface area contributed by atoms with Gasteiger partial charge < -0.3 is 18.9 Å². The van der Waals surface area contributed by atoms with Crippen LogP contribution in [-0.4, -0.2) is 74.4 Å². The van der Waals surface area contributed by atoms with Crippen LogP contribution < -0.4 is 28.4 Å². The third kappa shape index (κ3) is 11.4. The highest BCUT2D eigenvalue weighted by molar-refractivity contribution is 7.93. The number of pyridine rings is 2. The lowest BCUT2D eigenvalue weighted by Crippen LogP contribution is -2.16. The number of ether oxygens (including phenoxy) is 4. The van der Waals surface area contributed by atoms with Crippen LogP contribution in [0.1, 0.15) is 49.9 Å². The molecule has 0 saturated carbocycles. The molecule has 374 valence electrons. The Labute approximate surface area is 411 Å². The fourth-order valence-corrected chi connectivity index (χ4v) is 10.1. The number of sulfonamides is 2. The fraction of sp³-hybridized carbons (Fsp3) is 0.240. The number of methoxy groups -OCH3 is 2. The number of anilines is 2. The predicted molar refractivity (Wildman–Crippen MR) is 261 cm³/mol. The third-order valence-electron chi connectivity index (χ3n) is 11.5. The van der Waals surface area contributed by atoms with E-state index in [0.29, 0.717) is 81.4 Å². The predicted octanol–water partition coefficient (Wildman–Crippen LogP) is 10.3. The molecule has 2 N–H and O–H groups in total. The molecule has 0 spiro atoms. The molecule has 0 aliphatic heterocycles. The molecule has 0 aliphatic rings. The number of halogens is 4. The minimum atomic E-state index is -4.51. The number of nitrogens with zero attached hydrogens (tertiary/aromatic N) is 6. The number of aromatic nitrogens is 6. The first-order valence-corrected chi connectivity index (χ1v) is 25.3. The smallest absolute Gasteiger partial charge is 0.264 e. The highest BCUT2D eigenvalue weighted by atomic mass is 32.2. The van der Waals surface area contributed by atoms with Crippen molar-refractivity contribution in [1.82, 2.24) is 30.1 Å². The molecule has 0 aliphatic carbocycles. The van der Waals surface area contributed by atoms with Gasteiger partial charge >= 0.3 is 0 Å². The lowest BCUT2D eigenvalue weighted by molar-refractivity contribution is 0.300. The number of hydrogen-bond donors (Lipinski definition) is 2. The quantitative estimate of drug-likeness (QED) is 0.0507. The normalized spacial score (nSPS) is 11.7. The van der Waals surface area contributed by atoms with E-state index in [9.17, 15) is 34.4 Å². The van der Waals surface area contributed by atoms with Gasteiger partial charge in [0.1, 0.15) is 67.8 Å². The van der Waals surface area contributed by atoms with Gasteiger partial charge in [0.05, 0.1) is 39.3 Å². The van der Waals surface area contributed by atoms with Crippen LogP contribution in [0.15, 0.2) is 108 Å². The number of fused-ring (bicyclic) bond motifs is 2. The summed E-state index contributed by atoms with van der Waals surface area (Å²) in [6.45, 7) is 4.42. The molecule has 4 aromatic heterocycles. The van der Waals surface area contributed by atoms with E-state index in [2.05, 4.69) is 39.6 Å². The molecule has 8 aromatic rings. The van der Waals surface area contributed by atoms with Gasteiger partial charge in [0, 0.05) is 57.5 Å². The summed E-state index contributed by atoms with van der Waals surface area (Å²) < 4.78 is 137. The van der Waals surface area contributed by atoms with Crippen molar-refractivity contribution in [3.05, 3.63) is 132 Å². The van der Waals surface area contributed by atoms with Gasteiger partial charge in [-0.25, -0.2) is 54.3 Å². The summed E-state index contributed by atoms with van der Waals surface area (Å²) in [5.74, 6) is -3.48. The Morgan fingerprint density at radius 2 is 1.01 bits per heavy atom. The first kappa shape index (κ1) is 50.7. The maximum Gasteiger partial charge on any atom is 0.264 e. The summed E-state index contributed by atoms with van der Waals surface area (Å²) >= 11 is 0. The summed E-state index contributed by atoms with van der Waals surface area (Å²) in [5.41, 5.74) is 3.97. The molecule has 72 heavy (non-hydrogen) atoms. The fourth-order valence-electron chi connectivity index (χ4n) is 7.86. The average molecular weight is 1030 g/mol. The zero-order valence-electron chi connectivity index (χ0n) is 39.2. The van der Waals surface area contributed by atoms with Gasteiger partial charge in [0.25, 0.3) is 20.0 Å². The van der Waals surface area contributed by atoms with Crippen molar-refractivity contribution in [2.24, 2.45) is 0 Å². The Kier molecular flexibility index (Phi) is 15.3. The monoisotopic (exact) mass is 1030 g/mol. The van der Waals surface area contributed by atoms with E-state index >= 15 is 0 Å². The molecule has 4 aromatic carbocycles. The Hall–Kier alpha value is -7.72. The molecule has 0 atom stereocenters. The molecular weight excluding hydrogens is 981 g/mol. The third-order valence-corrected chi connectivity index (χ3v) is 14.3. The first-order valence-electron chi connectivity index (χ1n) is 22.4. The van der Waals surface area contributed by atoms with Crippen molar-refractivity contribution in [2.45, 2.75) is 62.2 Å². The van der Waals surface area contributed by atoms with Crippen LogP contribution >= 0.6 is 0 Å². The van der Waals surface area contributed by atoms with Gasteiger partial charge in [-0.05, 0) is 98.5 Å². The summed E-state index contributed by atoms with van der Waals surface area (Å²) in [6.07, 6.45) is 11.2. The molecule has 0 fully saturated rings. The van der Waals surface area contributed by atoms with Gasteiger partial charge in [0.15, 0.2) is 0 Å². The van der Waals surface area contributed by atoms with E-state index in [1.807, 2.05) is 26.0 Å². The van der Waals surface area contributed by atoms with Crippen LogP contribution in [0.4, 0.5) is 28.9 Å². The molecule has 4 heterocycles. The van der Waals surface area contributed by atoms with Crippen molar-refractivity contribution >= 4 is 53.1 Å². The topological polar surface area (TPSA) is 207 Å². The van der Waals surface area contributed by atoms with Gasteiger partial charge in [-0.15, -0.1) is 0 Å². The Morgan fingerprint density at radius 3 is 1.54 bits per heavy atom. The van der Waals surface area contributed by atoms with E-state index in [0.717, 1.165) is 73.6 Å². The first-order chi connectivity index (χ1) is 34.5. The molecule has 0 bridgehead atoms. The molecule has 0 unspecified atom stereocenters. The van der Waals surface area contributed by atoms with Crippen LogP contribution in [-0.2, 0) is 20.0 Å². The zero-order valence-corrected chi connectivity index (χ0v) is 40.8. The van der Waals surface area contributed by atoms with Gasteiger partial charge in [-0.1, -0.05) is 25.7 Å². The van der Waals surface area contributed by atoms with Crippen molar-refractivity contribution < 1.29 is 53.3 Å². The van der Waals surface area contributed by atoms with Crippen molar-refractivity contribution in [3.8, 4) is 45.5 Å². The Morgan fingerprint density at radius 1 is 0.514 bits per heavy atom. The number of aryl methyl sites for hydroxylation is 2. The zero-order chi connectivity index (χ0) is 51.2. The van der Waals surface area contributed by atoms with Crippen LogP contribution in [0.5, 0.6) is 23.3 Å². The SMILES string of the molecule is COc1ncc(-c2cc(OCCCCCCCCOc3cc(-c4cnc(OC)c(NS(=O)(=O)c5ccc(F)cc5F)c4)cc4c(C)ncnc34)c3cnnc(C)c3c2)cc1NS(=O)(=O)c1ccc(F)cc1F. The maximum absolute atomic E-state index is 14.5. The van der Waals surface area contributed by atoms with Crippen LogP contribution in [0.3, 0.4) is 0 Å². The van der Waals surface area contributed by atoms with Crippen molar-refractivity contribution in [3.63, 3.8) is 0 Å². The van der Waals surface area contributed by atoms with E-state index in [1.54, 1.807) is 18.3 Å². The minimum absolute atomic E-state index is 0.0692. The highest BCUT2D eigenvalue weighted by Crippen LogP contribution is 2.38. The van der Waals surface area contributed by atoms with E-state index < -0.39 is 53.1 Å². The molecule has 16 nitrogen and oxygen atoms in total. The standard InChI is InChI=1S/C50H46F4N8O8S2/c1-29-38-18-32(34-20-43(50(68-4)56-26-34)62-72(65,66)47-14-12-36(52)24-41(47)54)22-45(48(38)58-28-57-29)70-16-10-8-6-5-7-9-15-69-44-21-31(17-37-30(2)60-59-27-39(37)44)33-19-42(49(67-3)55-25-33)61-71(63,64)46-13-11-35(51)23-40(46)53/h11-14,17-28,61-62H,5-10,15-16H2,1-4H3. The Bertz CT molecular complexity index is 3330. The molecule has 0 amide bonds. The summed E-state index contributed by atoms with van der Waals surface area (Å²) in [5, 5.41) is 10.5. The average Bonchev–Trinajstić information content (AvgIpc) is 3.34. The van der Waals surface area contributed by atoms with E-state index in [4.69, 9.17) is 18.9 Å². The maximum atomic E-state index is 14.5. The van der Waals surface area contributed by atoms with E-state index in [-0.39, 0.29) is 23.1 Å². The summed E-state index contributed by atoms with van der Waals surface area (Å²) in [4.78, 5) is 15.9. The van der Waals surface area contributed by atoms with E-state index in [1.165, 1.54) is 45.1 Å². The Balaban J connectivity index is 0.878. The second kappa shape index (κ2) is 21.7. The largest absolute Gasteiger partial charge is 0.493 e. The van der Waals surface area contributed by atoms with Crippen LogP contribution in [0.25, 0.3) is 43.9 Å². The van der Waals surface area contributed by atoms with Gasteiger partial charge in [0.2, 0.25) is 11.8 Å². The minimum Gasteiger partial charge on any atom is -0.493 e. The van der Waals surface area contributed by atoms with Crippen LogP contribution in [0, 0.1) is 37.1 Å². The molecule has 8 rings (SSSR count). The lowest BCUT2D eigenvalue weighted by Gasteiger charge is -2.15. The number of unbranched alkanes of at least 4 members (excludes halogenated alkanes) is 5. The summed E-state index contributed by atoms with van der Waals surface area (Å²) in [6, 6.07) is 14.6. The van der Waals surface area contributed by atoms with Crippen molar-refractivity contribution in [1.29, 1.82) is 0 Å². The lowest BCUT2D eigenvalue weighted by atomic mass is 10.0. The summed E-state index contributed by atoms with van der Waals surface area (Å²) in [7, 11) is -6.41. The van der Waals surface area contributed by atoms with Gasteiger partial charge in [-0.2, -0.15) is 10.2 Å². The molecule has 22 heteroatoms. The van der Waals surface area contributed by atoms with Crippen LogP contribution in [0.2, 0.25) is 0 Å². The molecule has 0 radical (unpaired) electrons. The van der Waals surface area contributed by atoms with Gasteiger partial charge in [-0.3, -0.25) is 9.44 Å². The second-order valence-corrected chi connectivity index (χ2v) is 19.7. The van der Waals surface area contributed by atoms with Crippen molar-refractivity contribution in [2.75, 3.05) is 36.9 Å². The molecular formula is C50H46F4N8O8S2. The second-order valence-electron chi connectivity index (χ2n) is 16.4. The number of nitrogens with one attached hydrogen (secondary N) is 2.